The second kappa shape index (κ2) is 5.60. The molecule has 3 nitrogen and oxygen atoms in total. The maximum absolute atomic E-state index is 10.7. The van der Waals surface area contributed by atoms with Crippen molar-refractivity contribution in [3.8, 4) is 0 Å². The first-order chi connectivity index (χ1) is 9.13. The standard InChI is InChI=1S/C12H23S.CHF3O3S/c1-11(2)9-6-7-12(3,8-9)10(11)13(4)5;2-1(3,4)8(5,6)7/h9-10H,6-8H2,1-5H3;(H,5,6,7)/q+1;/p-1. The van der Waals surface area contributed by atoms with Crippen LogP contribution in [0, 0.1) is 16.7 Å². The van der Waals surface area contributed by atoms with E-state index in [2.05, 4.69) is 33.3 Å². The van der Waals surface area contributed by atoms with E-state index in [1.165, 1.54) is 19.3 Å². The van der Waals surface area contributed by atoms with E-state index >= 15 is 0 Å². The van der Waals surface area contributed by atoms with Gasteiger partial charge in [0.15, 0.2) is 10.1 Å². The lowest BCUT2D eigenvalue weighted by atomic mass is 9.72. The molecule has 126 valence electrons. The fourth-order valence-electron chi connectivity index (χ4n) is 4.43. The van der Waals surface area contributed by atoms with Crippen LogP contribution >= 0.6 is 0 Å². The summed E-state index contributed by atoms with van der Waals surface area (Å²) in [4.78, 5) is 0. The second-order valence-corrected chi connectivity index (χ2v) is 10.7. The molecule has 0 aliphatic heterocycles. The van der Waals surface area contributed by atoms with Crippen LogP contribution < -0.4 is 0 Å². The third-order valence-corrected chi connectivity index (χ3v) is 7.58. The van der Waals surface area contributed by atoms with Gasteiger partial charge in [-0.25, -0.2) is 8.42 Å². The highest BCUT2D eigenvalue weighted by Crippen LogP contribution is 2.64. The molecule has 2 rings (SSSR count). The summed E-state index contributed by atoms with van der Waals surface area (Å²) in [5.74, 6) is 1.03. The van der Waals surface area contributed by atoms with Gasteiger partial charge in [0.1, 0.15) is 5.25 Å². The summed E-state index contributed by atoms with van der Waals surface area (Å²) in [6.45, 7) is 7.57. The van der Waals surface area contributed by atoms with Crippen LogP contribution in [-0.4, -0.2) is 36.2 Å². The molecule has 0 radical (unpaired) electrons. The Morgan fingerprint density at radius 3 is 1.81 bits per heavy atom. The molecule has 0 aromatic rings. The minimum atomic E-state index is -6.09. The van der Waals surface area contributed by atoms with Crippen LogP contribution in [0.15, 0.2) is 0 Å². The maximum atomic E-state index is 10.7. The number of fused-ring (bicyclic) bond motifs is 2. The number of rotatable bonds is 1. The molecule has 2 saturated carbocycles. The van der Waals surface area contributed by atoms with E-state index < -0.39 is 15.6 Å². The van der Waals surface area contributed by atoms with Crippen LogP contribution in [0.5, 0.6) is 0 Å². The van der Waals surface area contributed by atoms with Gasteiger partial charge in [-0.05, 0) is 36.1 Å². The van der Waals surface area contributed by atoms with Crippen molar-refractivity contribution in [3.05, 3.63) is 0 Å². The Hall–Kier alpha value is 0.0500. The second-order valence-electron chi connectivity index (χ2n) is 7.07. The predicted octanol–water partition coefficient (Wildman–Crippen LogP) is 3.13. The van der Waals surface area contributed by atoms with Crippen LogP contribution in [0.3, 0.4) is 0 Å². The minimum absolute atomic E-state index is 0.601. The summed E-state index contributed by atoms with van der Waals surface area (Å²) in [5, 5.41) is 0.985. The molecule has 0 aromatic carbocycles. The van der Waals surface area contributed by atoms with Crippen molar-refractivity contribution < 1.29 is 26.1 Å². The highest BCUT2D eigenvalue weighted by atomic mass is 32.2. The minimum Gasteiger partial charge on any atom is -0.741 e. The molecule has 0 heterocycles. The van der Waals surface area contributed by atoms with Crippen LogP contribution in [0.25, 0.3) is 0 Å². The first-order valence-electron chi connectivity index (χ1n) is 6.71. The zero-order chi connectivity index (χ0) is 16.9. The summed E-state index contributed by atoms with van der Waals surface area (Å²) < 4.78 is 58.9. The summed E-state index contributed by atoms with van der Waals surface area (Å²) in [6.07, 6.45) is 9.39. The van der Waals surface area contributed by atoms with Gasteiger partial charge in [0, 0.05) is 10.8 Å². The molecule has 0 amide bonds. The molecule has 2 aliphatic rings. The van der Waals surface area contributed by atoms with E-state index in [9.17, 15) is 13.2 Å². The third-order valence-electron chi connectivity index (χ3n) is 4.89. The monoisotopic (exact) mass is 348 g/mol. The van der Waals surface area contributed by atoms with Gasteiger partial charge in [-0.3, -0.25) is 0 Å². The number of hydrogen-bond donors (Lipinski definition) is 0. The first kappa shape index (κ1) is 19.1. The highest BCUT2D eigenvalue weighted by Gasteiger charge is 2.64. The Balaban J connectivity index is 0.000000240. The Morgan fingerprint density at radius 2 is 1.62 bits per heavy atom. The predicted molar refractivity (Wildman–Crippen MR) is 78.0 cm³/mol. The molecule has 2 bridgehead atoms. The normalized spacial score (nSPS) is 34.8. The summed E-state index contributed by atoms with van der Waals surface area (Å²) in [7, 11) is -5.49. The van der Waals surface area contributed by atoms with Crippen molar-refractivity contribution in [2.24, 2.45) is 16.7 Å². The van der Waals surface area contributed by atoms with Crippen molar-refractivity contribution in [2.75, 3.05) is 12.5 Å². The van der Waals surface area contributed by atoms with Crippen molar-refractivity contribution in [3.63, 3.8) is 0 Å². The highest BCUT2D eigenvalue weighted by molar-refractivity contribution is 7.96. The van der Waals surface area contributed by atoms with Crippen molar-refractivity contribution in [1.82, 2.24) is 0 Å². The van der Waals surface area contributed by atoms with Gasteiger partial charge in [0.25, 0.3) is 0 Å². The molecule has 0 spiro atoms. The molecule has 2 aliphatic carbocycles. The summed E-state index contributed by atoms with van der Waals surface area (Å²) in [6, 6.07) is 0. The zero-order valence-electron chi connectivity index (χ0n) is 13.0. The van der Waals surface area contributed by atoms with Crippen LogP contribution in [0.4, 0.5) is 13.2 Å². The van der Waals surface area contributed by atoms with Crippen molar-refractivity contribution in [1.29, 1.82) is 0 Å². The molecule has 0 N–H and O–H groups in total. The molecule has 0 aromatic heterocycles. The molecule has 2 fully saturated rings. The van der Waals surface area contributed by atoms with Gasteiger partial charge in [0.05, 0.1) is 12.5 Å². The average Bonchev–Trinajstić information content (AvgIpc) is 2.65. The summed E-state index contributed by atoms with van der Waals surface area (Å²) in [5.41, 5.74) is -4.33. The van der Waals surface area contributed by atoms with Gasteiger partial charge < -0.3 is 4.55 Å². The van der Waals surface area contributed by atoms with E-state index in [0.29, 0.717) is 21.7 Å². The number of hydrogen-bond acceptors (Lipinski definition) is 3. The fraction of sp³-hybridized carbons (Fsp3) is 1.00. The van der Waals surface area contributed by atoms with Gasteiger partial charge in [-0.2, -0.15) is 13.2 Å². The van der Waals surface area contributed by atoms with Crippen LogP contribution in [-0.2, 0) is 21.0 Å². The lowest BCUT2D eigenvalue weighted by Crippen LogP contribution is -2.45. The van der Waals surface area contributed by atoms with Gasteiger partial charge >= 0.3 is 5.51 Å². The van der Waals surface area contributed by atoms with Gasteiger partial charge in [-0.1, -0.05) is 20.8 Å². The Labute approximate surface area is 127 Å². The largest absolute Gasteiger partial charge is 0.741 e. The lowest BCUT2D eigenvalue weighted by Gasteiger charge is -2.39. The van der Waals surface area contributed by atoms with E-state index in [0.717, 1.165) is 11.2 Å². The number of halogens is 3. The van der Waals surface area contributed by atoms with Crippen molar-refractivity contribution in [2.45, 2.75) is 50.8 Å². The molecular formula is C13H23F3O3S2. The van der Waals surface area contributed by atoms with E-state index in [4.69, 9.17) is 13.0 Å². The topological polar surface area (TPSA) is 57.2 Å². The Kier molecular flexibility index (Phi) is 5.09. The molecule has 3 unspecified atom stereocenters. The van der Waals surface area contributed by atoms with Crippen LogP contribution in [0.2, 0.25) is 0 Å². The van der Waals surface area contributed by atoms with E-state index in [1.807, 2.05) is 0 Å². The van der Waals surface area contributed by atoms with Gasteiger partial charge in [-0.15, -0.1) is 0 Å². The average molecular weight is 348 g/mol. The zero-order valence-corrected chi connectivity index (χ0v) is 14.6. The Bertz CT molecular complexity index is 481. The van der Waals surface area contributed by atoms with Crippen LogP contribution in [0.1, 0.15) is 40.0 Å². The molecule has 0 saturated heterocycles. The first-order valence-corrected chi connectivity index (χ1v) is 10.2. The Morgan fingerprint density at radius 1 is 1.19 bits per heavy atom. The van der Waals surface area contributed by atoms with Crippen molar-refractivity contribution >= 4 is 21.0 Å². The SMILES string of the molecule is C[S+](C)C1C2(C)CCC(C2)C1(C)C.O=S(=O)([O-])C(F)(F)F. The van der Waals surface area contributed by atoms with E-state index in [-0.39, 0.29) is 0 Å². The fourth-order valence-corrected chi connectivity index (χ4v) is 7.19. The smallest absolute Gasteiger partial charge is 0.485 e. The lowest BCUT2D eigenvalue weighted by molar-refractivity contribution is -0.0517. The summed E-state index contributed by atoms with van der Waals surface area (Å²) >= 11 is 0. The quantitative estimate of drug-likeness (QED) is 0.416. The maximum Gasteiger partial charge on any atom is 0.485 e. The molecular weight excluding hydrogens is 325 g/mol. The number of alkyl halides is 3. The van der Waals surface area contributed by atoms with Gasteiger partial charge in [0.2, 0.25) is 0 Å². The van der Waals surface area contributed by atoms with E-state index in [1.54, 1.807) is 0 Å². The third kappa shape index (κ3) is 3.69. The molecule has 3 atom stereocenters. The molecule has 21 heavy (non-hydrogen) atoms. The molecule has 8 heteroatoms.